The first-order valence-corrected chi connectivity index (χ1v) is 7.04. The van der Waals surface area contributed by atoms with Crippen molar-refractivity contribution in [2.75, 3.05) is 46.1 Å². The van der Waals surface area contributed by atoms with Gasteiger partial charge in [0.2, 0.25) is 0 Å². The molecular formula is C14H24ClNO5. The van der Waals surface area contributed by atoms with Crippen LogP contribution in [0.3, 0.4) is 0 Å². The Morgan fingerprint density at radius 1 is 1.10 bits per heavy atom. The number of hydrogen-bond donors (Lipinski definition) is 0. The average Bonchev–Trinajstić information content (AvgIpc) is 2.48. The molecule has 1 heterocycles. The molecule has 0 amide bonds. The quantitative estimate of drug-likeness (QED) is 0.380. The van der Waals surface area contributed by atoms with Crippen LogP contribution in [0.5, 0.6) is 0 Å². The zero-order valence-corrected chi connectivity index (χ0v) is 13.2. The molecule has 7 heteroatoms. The zero-order chi connectivity index (χ0) is 14.6. The van der Waals surface area contributed by atoms with Gasteiger partial charge in [0, 0.05) is 31.8 Å². The van der Waals surface area contributed by atoms with Crippen LogP contribution in [0, 0.1) is 0 Å². The summed E-state index contributed by atoms with van der Waals surface area (Å²) < 4.78 is 15.0. The van der Waals surface area contributed by atoms with Crippen LogP contribution in [0.4, 0.5) is 0 Å². The summed E-state index contributed by atoms with van der Waals surface area (Å²) in [4.78, 5) is 24.7. The highest BCUT2D eigenvalue weighted by atomic mass is 35.5. The molecule has 0 aromatic rings. The average molecular weight is 322 g/mol. The summed E-state index contributed by atoms with van der Waals surface area (Å²) in [6.45, 7) is 6.89. The Balaban J connectivity index is 0.00000400. The van der Waals surface area contributed by atoms with Crippen molar-refractivity contribution in [2.24, 2.45) is 0 Å². The first-order chi connectivity index (χ1) is 9.72. The van der Waals surface area contributed by atoms with E-state index in [9.17, 15) is 9.59 Å². The predicted octanol–water partition coefficient (Wildman–Crippen LogP) is 1.18. The van der Waals surface area contributed by atoms with Crippen molar-refractivity contribution >= 4 is 24.3 Å². The lowest BCUT2D eigenvalue weighted by Gasteiger charge is -2.26. The Morgan fingerprint density at radius 2 is 1.67 bits per heavy atom. The third kappa shape index (κ3) is 10.3. The molecule has 0 unspecified atom stereocenters. The molecule has 21 heavy (non-hydrogen) atoms. The third-order valence-electron chi connectivity index (χ3n) is 2.77. The van der Waals surface area contributed by atoms with E-state index in [0.29, 0.717) is 13.2 Å². The van der Waals surface area contributed by atoms with E-state index in [1.165, 1.54) is 0 Å². The molecule has 0 N–H and O–H groups in total. The molecule has 0 saturated carbocycles. The van der Waals surface area contributed by atoms with Gasteiger partial charge in [-0.15, -0.1) is 12.4 Å². The molecule has 1 rings (SSSR count). The molecule has 0 atom stereocenters. The smallest absolute Gasteiger partial charge is 0.331 e. The number of hydrogen-bond acceptors (Lipinski definition) is 6. The van der Waals surface area contributed by atoms with E-state index < -0.39 is 11.9 Å². The van der Waals surface area contributed by atoms with E-state index in [4.69, 9.17) is 14.2 Å². The van der Waals surface area contributed by atoms with E-state index in [0.717, 1.165) is 57.8 Å². The van der Waals surface area contributed by atoms with Crippen LogP contribution in [0.15, 0.2) is 12.2 Å². The number of nitrogens with zero attached hydrogens (tertiary/aromatic N) is 1. The van der Waals surface area contributed by atoms with Crippen molar-refractivity contribution < 1.29 is 23.8 Å². The maximum absolute atomic E-state index is 11.3. The lowest BCUT2D eigenvalue weighted by molar-refractivity contribution is -0.140. The fourth-order valence-corrected chi connectivity index (χ4v) is 1.72. The fourth-order valence-electron chi connectivity index (χ4n) is 1.72. The van der Waals surface area contributed by atoms with Gasteiger partial charge in [0.1, 0.15) is 0 Å². The standard InChI is InChI=1S/C14H23NO5.ClH/c1-2-9-19-13(16)4-5-14(17)20-10-3-6-15-7-11-18-12-8-15;/h4-5H,2-3,6-12H2,1H3;1H/b5-4+;. The van der Waals surface area contributed by atoms with Gasteiger partial charge in [-0.25, -0.2) is 9.59 Å². The van der Waals surface area contributed by atoms with Gasteiger partial charge in [-0.2, -0.15) is 0 Å². The van der Waals surface area contributed by atoms with Crippen LogP contribution >= 0.6 is 12.4 Å². The summed E-state index contributed by atoms with van der Waals surface area (Å²) >= 11 is 0. The van der Waals surface area contributed by atoms with Crippen LogP contribution in [-0.2, 0) is 23.8 Å². The molecular weight excluding hydrogens is 298 g/mol. The van der Waals surface area contributed by atoms with Gasteiger partial charge in [-0.1, -0.05) is 6.92 Å². The summed E-state index contributed by atoms with van der Waals surface area (Å²) in [6, 6.07) is 0. The van der Waals surface area contributed by atoms with Crippen LogP contribution in [-0.4, -0.2) is 62.9 Å². The second kappa shape index (κ2) is 12.6. The van der Waals surface area contributed by atoms with E-state index in [1.54, 1.807) is 0 Å². The first-order valence-electron chi connectivity index (χ1n) is 7.04. The predicted molar refractivity (Wildman–Crippen MR) is 80.5 cm³/mol. The zero-order valence-electron chi connectivity index (χ0n) is 12.4. The summed E-state index contributed by atoms with van der Waals surface area (Å²) in [6.07, 6.45) is 3.73. The second-order valence-electron chi connectivity index (χ2n) is 4.48. The summed E-state index contributed by atoms with van der Waals surface area (Å²) in [5.74, 6) is -1.03. The van der Waals surface area contributed by atoms with Crippen LogP contribution in [0.25, 0.3) is 0 Å². The van der Waals surface area contributed by atoms with Gasteiger partial charge < -0.3 is 14.2 Å². The van der Waals surface area contributed by atoms with Crippen molar-refractivity contribution in [1.82, 2.24) is 4.90 Å². The van der Waals surface area contributed by atoms with Crippen molar-refractivity contribution in [1.29, 1.82) is 0 Å². The number of ether oxygens (including phenoxy) is 3. The fraction of sp³-hybridized carbons (Fsp3) is 0.714. The molecule has 1 aliphatic heterocycles. The SMILES string of the molecule is CCCOC(=O)/C=C/C(=O)OCCCN1CCOCC1.Cl. The first kappa shape index (κ1) is 19.9. The summed E-state index contributed by atoms with van der Waals surface area (Å²) in [5.41, 5.74) is 0. The monoisotopic (exact) mass is 321 g/mol. The number of morpholine rings is 1. The largest absolute Gasteiger partial charge is 0.463 e. The van der Waals surface area contributed by atoms with Gasteiger partial charge >= 0.3 is 11.9 Å². The van der Waals surface area contributed by atoms with E-state index >= 15 is 0 Å². The van der Waals surface area contributed by atoms with Crippen molar-refractivity contribution in [3.63, 3.8) is 0 Å². The Bertz CT molecular complexity index is 329. The number of carbonyl (C=O) groups excluding carboxylic acids is 2. The number of rotatable bonds is 8. The Kier molecular flexibility index (Phi) is 12.0. The van der Waals surface area contributed by atoms with Gasteiger partial charge in [0.25, 0.3) is 0 Å². The molecule has 0 aliphatic carbocycles. The summed E-state index contributed by atoms with van der Waals surface area (Å²) in [5, 5.41) is 0. The Labute approximate surface area is 131 Å². The lowest BCUT2D eigenvalue weighted by atomic mass is 10.3. The maximum Gasteiger partial charge on any atom is 0.331 e. The molecule has 0 radical (unpaired) electrons. The van der Waals surface area contributed by atoms with Crippen molar-refractivity contribution in [3.8, 4) is 0 Å². The van der Waals surface area contributed by atoms with E-state index in [-0.39, 0.29) is 12.4 Å². The number of esters is 2. The van der Waals surface area contributed by atoms with E-state index in [1.807, 2.05) is 6.92 Å². The Morgan fingerprint density at radius 3 is 2.24 bits per heavy atom. The van der Waals surface area contributed by atoms with E-state index in [2.05, 4.69) is 4.90 Å². The molecule has 1 saturated heterocycles. The number of carbonyl (C=O) groups is 2. The third-order valence-corrected chi connectivity index (χ3v) is 2.77. The van der Waals surface area contributed by atoms with Crippen LogP contribution < -0.4 is 0 Å². The summed E-state index contributed by atoms with van der Waals surface area (Å²) in [7, 11) is 0. The van der Waals surface area contributed by atoms with Gasteiger partial charge in [0.05, 0.1) is 26.4 Å². The lowest BCUT2D eigenvalue weighted by Crippen LogP contribution is -2.37. The van der Waals surface area contributed by atoms with Crippen molar-refractivity contribution in [3.05, 3.63) is 12.2 Å². The normalized spacial score (nSPS) is 15.5. The molecule has 0 aromatic heterocycles. The minimum absolute atomic E-state index is 0. The molecule has 122 valence electrons. The highest BCUT2D eigenvalue weighted by Crippen LogP contribution is 1.98. The number of halogens is 1. The highest BCUT2D eigenvalue weighted by molar-refractivity contribution is 5.91. The van der Waals surface area contributed by atoms with Gasteiger partial charge in [-0.3, -0.25) is 4.90 Å². The second-order valence-corrected chi connectivity index (χ2v) is 4.48. The maximum atomic E-state index is 11.3. The highest BCUT2D eigenvalue weighted by Gasteiger charge is 2.09. The minimum Gasteiger partial charge on any atom is -0.463 e. The van der Waals surface area contributed by atoms with Crippen LogP contribution in [0.1, 0.15) is 19.8 Å². The van der Waals surface area contributed by atoms with Gasteiger partial charge in [-0.05, 0) is 12.8 Å². The van der Waals surface area contributed by atoms with Crippen molar-refractivity contribution in [2.45, 2.75) is 19.8 Å². The molecule has 0 bridgehead atoms. The van der Waals surface area contributed by atoms with Crippen LogP contribution in [0.2, 0.25) is 0 Å². The topological polar surface area (TPSA) is 65.1 Å². The van der Waals surface area contributed by atoms with Gasteiger partial charge in [0.15, 0.2) is 0 Å². The molecule has 6 nitrogen and oxygen atoms in total. The minimum atomic E-state index is -0.517. The molecule has 1 aliphatic rings. The molecule has 0 aromatic carbocycles. The molecule has 1 fully saturated rings. The Hall–Kier alpha value is -1.11. The molecule has 0 spiro atoms.